The summed E-state index contributed by atoms with van der Waals surface area (Å²) in [5, 5.41) is 1.48. The van der Waals surface area contributed by atoms with Crippen LogP contribution in [0.5, 0.6) is 11.5 Å². The summed E-state index contributed by atoms with van der Waals surface area (Å²) in [6, 6.07) is 19.2. The number of aryl methyl sites for hydroxylation is 1. The average Bonchev–Trinajstić information content (AvgIpc) is 3.05. The molecule has 0 unspecified atom stereocenters. The summed E-state index contributed by atoms with van der Waals surface area (Å²) in [6.07, 6.45) is 0.739. The number of rotatable bonds is 6. The normalized spacial score (nSPS) is 11.0. The SMILES string of the molecule is CCc1cc(C(=O)Oc2c(C)n(Cc3ccc(Br)cc3)c3ccc(OC)cc23)ccc1Cl. The highest BCUT2D eigenvalue weighted by atomic mass is 79.9. The van der Waals surface area contributed by atoms with E-state index in [1.807, 2.05) is 44.2 Å². The molecule has 164 valence electrons. The van der Waals surface area contributed by atoms with Crippen molar-refractivity contribution in [1.82, 2.24) is 4.57 Å². The molecular weight excluding hydrogens is 490 g/mol. The van der Waals surface area contributed by atoms with E-state index in [4.69, 9.17) is 21.1 Å². The number of ether oxygens (including phenoxy) is 2. The van der Waals surface area contributed by atoms with Crippen molar-refractivity contribution >= 4 is 44.4 Å². The lowest BCUT2D eigenvalue weighted by Gasteiger charge is -2.10. The van der Waals surface area contributed by atoms with Crippen LogP contribution in [0.2, 0.25) is 5.02 Å². The Bertz CT molecular complexity index is 1290. The van der Waals surface area contributed by atoms with Crippen LogP contribution < -0.4 is 9.47 Å². The van der Waals surface area contributed by atoms with Crippen LogP contribution >= 0.6 is 27.5 Å². The third-order valence-electron chi connectivity index (χ3n) is 5.58. The maximum absolute atomic E-state index is 13.0. The van der Waals surface area contributed by atoms with Gasteiger partial charge in [-0.25, -0.2) is 4.79 Å². The molecule has 0 saturated heterocycles. The number of halogens is 2. The number of esters is 1. The van der Waals surface area contributed by atoms with E-state index in [1.54, 1.807) is 25.3 Å². The molecule has 4 rings (SSSR count). The molecule has 32 heavy (non-hydrogen) atoms. The number of hydrogen-bond acceptors (Lipinski definition) is 3. The van der Waals surface area contributed by atoms with Crippen molar-refractivity contribution in [2.45, 2.75) is 26.8 Å². The number of hydrogen-bond donors (Lipinski definition) is 0. The minimum Gasteiger partial charge on any atom is -0.497 e. The Morgan fingerprint density at radius 1 is 1.06 bits per heavy atom. The maximum Gasteiger partial charge on any atom is 0.343 e. The van der Waals surface area contributed by atoms with Gasteiger partial charge in [-0.1, -0.05) is 46.6 Å². The summed E-state index contributed by atoms with van der Waals surface area (Å²) >= 11 is 9.70. The molecular formula is C26H23BrClNO3. The standard InChI is InChI=1S/C26H23BrClNO3/c1-4-18-13-19(7-11-23(18)28)26(30)32-25-16(2)29(15-17-5-8-20(27)9-6-17)24-12-10-21(31-3)14-22(24)25/h5-14H,4,15H2,1-3H3. The minimum atomic E-state index is -0.412. The van der Waals surface area contributed by atoms with Crippen molar-refractivity contribution in [3.8, 4) is 11.5 Å². The Labute approximate surface area is 200 Å². The van der Waals surface area contributed by atoms with Crippen LogP contribution in [0.15, 0.2) is 65.1 Å². The summed E-state index contributed by atoms with van der Waals surface area (Å²) in [4.78, 5) is 13.0. The zero-order valence-electron chi connectivity index (χ0n) is 18.1. The quantitative estimate of drug-likeness (QED) is 0.256. The molecule has 6 heteroatoms. The smallest absolute Gasteiger partial charge is 0.343 e. The van der Waals surface area contributed by atoms with E-state index >= 15 is 0 Å². The summed E-state index contributed by atoms with van der Waals surface area (Å²) < 4.78 is 14.6. The van der Waals surface area contributed by atoms with Crippen molar-refractivity contribution in [2.75, 3.05) is 7.11 Å². The van der Waals surface area contributed by atoms with Crippen LogP contribution in [0.25, 0.3) is 10.9 Å². The lowest BCUT2D eigenvalue weighted by Crippen LogP contribution is -2.10. The fraction of sp³-hybridized carbons (Fsp3) is 0.192. The number of benzene rings is 3. The fourth-order valence-corrected chi connectivity index (χ4v) is 4.30. The van der Waals surface area contributed by atoms with E-state index in [9.17, 15) is 4.79 Å². The topological polar surface area (TPSA) is 40.5 Å². The van der Waals surface area contributed by atoms with E-state index in [0.29, 0.717) is 28.6 Å². The number of methoxy groups -OCH3 is 1. The van der Waals surface area contributed by atoms with E-state index in [1.165, 1.54) is 0 Å². The van der Waals surface area contributed by atoms with Crippen molar-refractivity contribution < 1.29 is 14.3 Å². The van der Waals surface area contributed by atoms with E-state index < -0.39 is 5.97 Å². The van der Waals surface area contributed by atoms with Gasteiger partial charge < -0.3 is 14.0 Å². The second-order valence-corrected chi connectivity index (χ2v) is 8.88. The van der Waals surface area contributed by atoms with Gasteiger partial charge in [-0.15, -0.1) is 0 Å². The van der Waals surface area contributed by atoms with Crippen LogP contribution in [0.3, 0.4) is 0 Å². The van der Waals surface area contributed by atoms with Gasteiger partial charge in [0, 0.05) is 21.4 Å². The molecule has 0 bridgehead atoms. The zero-order chi connectivity index (χ0) is 22.8. The number of nitrogens with zero attached hydrogens (tertiary/aromatic N) is 1. The highest BCUT2D eigenvalue weighted by Gasteiger charge is 2.20. The fourth-order valence-electron chi connectivity index (χ4n) is 3.79. The van der Waals surface area contributed by atoms with Crippen molar-refractivity contribution in [3.63, 3.8) is 0 Å². The molecule has 0 saturated carbocycles. The summed E-state index contributed by atoms with van der Waals surface area (Å²) in [6.45, 7) is 4.62. The molecule has 0 aliphatic carbocycles. The molecule has 4 aromatic rings. The molecule has 0 radical (unpaired) electrons. The first-order valence-electron chi connectivity index (χ1n) is 10.3. The Morgan fingerprint density at radius 3 is 2.50 bits per heavy atom. The Kier molecular flexibility index (Phi) is 6.58. The van der Waals surface area contributed by atoms with Gasteiger partial charge >= 0.3 is 5.97 Å². The Morgan fingerprint density at radius 2 is 1.81 bits per heavy atom. The van der Waals surface area contributed by atoms with Crippen LogP contribution in [-0.2, 0) is 13.0 Å². The summed E-state index contributed by atoms with van der Waals surface area (Å²) in [7, 11) is 1.62. The predicted molar refractivity (Wildman–Crippen MR) is 132 cm³/mol. The zero-order valence-corrected chi connectivity index (χ0v) is 20.5. The average molecular weight is 513 g/mol. The second-order valence-electron chi connectivity index (χ2n) is 7.56. The monoisotopic (exact) mass is 511 g/mol. The number of carbonyl (C=O) groups is 1. The lowest BCUT2D eigenvalue weighted by atomic mass is 10.1. The predicted octanol–water partition coefficient (Wildman–Crippen LogP) is 7.20. The molecule has 4 nitrogen and oxygen atoms in total. The lowest BCUT2D eigenvalue weighted by molar-refractivity contribution is 0.0735. The van der Waals surface area contributed by atoms with E-state index in [-0.39, 0.29) is 0 Å². The third kappa shape index (κ3) is 4.41. The highest BCUT2D eigenvalue weighted by Crippen LogP contribution is 2.36. The van der Waals surface area contributed by atoms with Gasteiger partial charge in [-0.3, -0.25) is 0 Å². The molecule has 0 spiro atoms. The molecule has 3 aromatic carbocycles. The van der Waals surface area contributed by atoms with Crippen LogP contribution in [0.1, 0.15) is 34.1 Å². The Balaban J connectivity index is 1.77. The molecule has 0 aliphatic rings. The molecule has 0 amide bonds. The maximum atomic E-state index is 13.0. The molecule has 0 atom stereocenters. The van der Waals surface area contributed by atoms with Crippen LogP contribution in [0.4, 0.5) is 0 Å². The van der Waals surface area contributed by atoms with Crippen molar-refractivity contribution in [3.05, 3.63) is 92.5 Å². The molecule has 0 aliphatic heterocycles. The van der Waals surface area contributed by atoms with Gasteiger partial charge in [-0.05, 0) is 73.0 Å². The van der Waals surface area contributed by atoms with Crippen molar-refractivity contribution in [2.24, 2.45) is 0 Å². The van der Waals surface area contributed by atoms with Crippen molar-refractivity contribution in [1.29, 1.82) is 0 Å². The van der Waals surface area contributed by atoms with Gasteiger partial charge in [0.1, 0.15) is 5.75 Å². The molecule has 0 fully saturated rings. The number of carbonyl (C=O) groups excluding carboxylic acids is 1. The second kappa shape index (κ2) is 9.39. The number of aromatic nitrogens is 1. The summed E-state index contributed by atoms with van der Waals surface area (Å²) in [5.41, 5.74) is 4.38. The van der Waals surface area contributed by atoms with Gasteiger partial charge in [0.05, 0.1) is 23.9 Å². The minimum absolute atomic E-state index is 0.412. The molecule has 1 heterocycles. The largest absolute Gasteiger partial charge is 0.497 e. The van der Waals surface area contributed by atoms with E-state index in [2.05, 4.69) is 32.6 Å². The first kappa shape index (κ1) is 22.4. The van der Waals surface area contributed by atoms with Gasteiger partial charge in [0.2, 0.25) is 0 Å². The highest BCUT2D eigenvalue weighted by molar-refractivity contribution is 9.10. The van der Waals surface area contributed by atoms with Gasteiger partial charge in [0.25, 0.3) is 0 Å². The van der Waals surface area contributed by atoms with Crippen LogP contribution in [-0.4, -0.2) is 17.6 Å². The number of fused-ring (bicyclic) bond motifs is 1. The van der Waals surface area contributed by atoms with E-state index in [0.717, 1.165) is 38.6 Å². The van der Waals surface area contributed by atoms with Crippen LogP contribution in [0, 0.1) is 6.92 Å². The summed E-state index contributed by atoms with van der Waals surface area (Å²) in [5.74, 6) is 0.828. The first-order valence-corrected chi connectivity index (χ1v) is 11.5. The first-order chi connectivity index (χ1) is 15.4. The third-order valence-corrected chi connectivity index (χ3v) is 6.48. The molecule has 1 aromatic heterocycles. The molecule has 0 N–H and O–H groups in total. The van der Waals surface area contributed by atoms with Gasteiger partial charge in [-0.2, -0.15) is 0 Å². The van der Waals surface area contributed by atoms with Gasteiger partial charge in [0.15, 0.2) is 5.75 Å². The Hall–Kier alpha value is -2.76.